The van der Waals surface area contributed by atoms with Gasteiger partial charge >= 0.3 is 17.9 Å². The number of allylic oxidation sites excluding steroid dienone is 14. The first kappa shape index (κ1) is 60.6. The first-order valence-corrected chi connectivity index (χ1v) is 26.6. The van der Waals surface area contributed by atoms with Crippen LogP contribution in [0.1, 0.15) is 245 Å². The summed E-state index contributed by atoms with van der Waals surface area (Å²) in [5, 5.41) is 0. The molecule has 0 radical (unpaired) electrons. The van der Waals surface area contributed by atoms with E-state index in [2.05, 4.69) is 106 Å². The predicted molar refractivity (Wildman–Crippen MR) is 274 cm³/mol. The maximum absolute atomic E-state index is 12.8. The van der Waals surface area contributed by atoms with Crippen LogP contribution in [-0.2, 0) is 28.6 Å². The lowest BCUT2D eigenvalue weighted by atomic mass is 10.1. The third-order valence-electron chi connectivity index (χ3n) is 11.1. The van der Waals surface area contributed by atoms with Crippen molar-refractivity contribution >= 4 is 17.9 Å². The maximum atomic E-state index is 12.8. The van der Waals surface area contributed by atoms with Crippen LogP contribution in [0.2, 0.25) is 0 Å². The van der Waals surface area contributed by atoms with Crippen molar-refractivity contribution in [2.75, 3.05) is 13.2 Å². The van der Waals surface area contributed by atoms with E-state index < -0.39 is 6.10 Å². The smallest absolute Gasteiger partial charge is 0.306 e. The lowest BCUT2D eigenvalue weighted by Crippen LogP contribution is -2.30. The van der Waals surface area contributed by atoms with Crippen molar-refractivity contribution in [1.82, 2.24) is 0 Å². The summed E-state index contributed by atoms with van der Waals surface area (Å²) in [6.07, 6.45) is 67.0. The number of esters is 3. The van der Waals surface area contributed by atoms with Crippen LogP contribution >= 0.6 is 0 Å². The molecule has 0 aromatic heterocycles. The molecular formula is C58H98O6. The highest BCUT2D eigenvalue weighted by molar-refractivity contribution is 5.71. The Morgan fingerprint density at radius 2 is 0.578 bits per heavy atom. The van der Waals surface area contributed by atoms with E-state index in [1.54, 1.807) is 0 Å². The Hall–Kier alpha value is -3.41. The summed E-state index contributed by atoms with van der Waals surface area (Å²) in [5.74, 6) is -0.961. The summed E-state index contributed by atoms with van der Waals surface area (Å²) in [6.45, 7) is 6.49. The van der Waals surface area contributed by atoms with Gasteiger partial charge in [-0.15, -0.1) is 0 Å². The van der Waals surface area contributed by atoms with E-state index in [9.17, 15) is 14.4 Å². The maximum Gasteiger partial charge on any atom is 0.306 e. The van der Waals surface area contributed by atoms with Crippen LogP contribution < -0.4 is 0 Å². The van der Waals surface area contributed by atoms with Gasteiger partial charge in [0.15, 0.2) is 6.10 Å². The fraction of sp³-hybridized carbons (Fsp3) is 0.707. The van der Waals surface area contributed by atoms with Gasteiger partial charge in [0.05, 0.1) is 0 Å². The second-order valence-electron chi connectivity index (χ2n) is 17.4. The molecule has 0 N–H and O–H groups in total. The van der Waals surface area contributed by atoms with Crippen LogP contribution in [0.4, 0.5) is 0 Å². The minimum Gasteiger partial charge on any atom is -0.462 e. The van der Waals surface area contributed by atoms with Crippen molar-refractivity contribution in [2.24, 2.45) is 0 Å². The van der Waals surface area contributed by atoms with E-state index >= 15 is 0 Å². The van der Waals surface area contributed by atoms with Gasteiger partial charge in [-0.25, -0.2) is 0 Å². The second-order valence-corrected chi connectivity index (χ2v) is 17.4. The zero-order valence-corrected chi connectivity index (χ0v) is 41.8. The molecule has 366 valence electrons. The number of hydrogen-bond donors (Lipinski definition) is 0. The van der Waals surface area contributed by atoms with Gasteiger partial charge in [0, 0.05) is 19.3 Å². The van der Waals surface area contributed by atoms with E-state index in [4.69, 9.17) is 14.2 Å². The fourth-order valence-electron chi connectivity index (χ4n) is 7.02. The predicted octanol–water partition coefficient (Wildman–Crippen LogP) is 17.6. The number of carbonyl (C=O) groups excluding carboxylic acids is 3. The molecule has 0 aromatic carbocycles. The van der Waals surface area contributed by atoms with Crippen LogP contribution in [-0.4, -0.2) is 37.2 Å². The molecule has 0 saturated heterocycles. The Morgan fingerprint density at radius 1 is 0.312 bits per heavy atom. The highest BCUT2D eigenvalue weighted by Crippen LogP contribution is 2.13. The molecule has 0 aliphatic rings. The Morgan fingerprint density at radius 3 is 0.953 bits per heavy atom. The van der Waals surface area contributed by atoms with Crippen LogP contribution in [0, 0.1) is 0 Å². The molecule has 0 rings (SSSR count). The van der Waals surface area contributed by atoms with E-state index in [0.29, 0.717) is 19.3 Å². The van der Waals surface area contributed by atoms with Crippen molar-refractivity contribution in [2.45, 2.75) is 252 Å². The Bertz CT molecular complexity index is 1250. The largest absolute Gasteiger partial charge is 0.462 e. The molecule has 64 heavy (non-hydrogen) atoms. The monoisotopic (exact) mass is 891 g/mol. The average Bonchev–Trinajstić information content (AvgIpc) is 3.29. The van der Waals surface area contributed by atoms with E-state index in [0.717, 1.165) is 103 Å². The molecule has 6 nitrogen and oxygen atoms in total. The van der Waals surface area contributed by atoms with Gasteiger partial charge in [-0.3, -0.25) is 14.4 Å². The number of ether oxygens (including phenoxy) is 3. The van der Waals surface area contributed by atoms with Crippen molar-refractivity contribution in [3.05, 3.63) is 85.1 Å². The van der Waals surface area contributed by atoms with Gasteiger partial charge in [-0.05, 0) is 116 Å². The molecule has 0 bridgehead atoms. The Balaban J connectivity index is 4.48. The summed E-state index contributed by atoms with van der Waals surface area (Å²) in [5.41, 5.74) is 0. The molecule has 0 saturated carbocycles. The first-order chi connectivity index (χ1) is 31.5. The summed E-state index contributed by atoms with van der Waals surface area (Å²) in [4.78, 5) is 38.0. The normalized spacial score (nSPS) is 12.7. The van der Waals surface area contributed by atoms with Gasteiger partial charge in [-0.2, -0.15) is 0 Å². The number of rotatable bonds is 47. The van der Waals surface area contributed by atoms with Crippen molar-refractivity contribution in [3.63, 3.8) is 0 Å². The van der Waals surface area contributed by atoms with Crippen molar-refractivity contribution < 1.29 is 28.6 Å². The van der Waals surface area contributed by atoms with Crippen molar-refractivity contribution in [3.8, 4) is 0 Å². The molecule has 0 amide bonds. The molecule has 0 aliphatic carbocycles. The van der Waals surface area contributed by atoms with Gasteiger partial charge < -0.3 is 14.2 Å². The molecule has 0 aromatic rings. The standard InChI is InChI=1S/C58H98O6/c1-4-7-10-13-16-19-22-25-28-29-31-33-36-39-42-45-48-51-57(60)63-54-55(53-62-56(59)50-47-44-41-38-35-32-27-24-21-18-15-12-9-6-3)64-58(61)52-49-46-43-40-37-34-30-26-23-20-17-14-11-8-5-2/h15-20,24-28,30,37,40,55H,4-14,21-23,29,31-36,38-39,41-54H2,1-3H3/b18-15-,19-16-,20-17-,27-24-,28-25-,30-26-,40-37-/t55-/m1/s1. The molecule has 0 unspecified atom stereocenters. The fourth-order valence-corrected chi connectivity index (χ4v) is 7.02. The first-order valence-electron chi connectivity index (χ1n) is 26.6. The minimum absolute atomic E-state index is 0.101. The summed E-state index contributed by atoms with van der Waals surface area (Å²) >= 11 is 0. The van der Waals surface area contributed by atoms with Gasteiger partial charge in [-0.1, -0.05) is 196 Å². The van der Waals surface area contributed by atoms with Gasteiger partial charge in [0.2, 0.25) is 0 Å². The zero-order valence-electron chi connectivity index (χ0n) is 41.8. The van der Waals surface area contributed by atoms with E-state index in [1.165, 1.54) is 96.3 Å². The minimum atomic E-state index is -0.806. The topological polar surface area (TPSA) is 78.9 Å². The quantitative estimate of drug-likeness (QED) is 0.0262. The van der Waals surface area contributed by atoms with Gasteiger partial charge in [0.25, 0.3) is 0 Å². The van der Waals surface area contributed by atoms with E-state index in [1.807, 2.05) is 0 Å². The third kappa shape index (κ3) is 49.6. The highest BCUT2D eigenvalue weighted by atomic mass is 16.6. The highest BCUT2D eigenvalue weighted by Gasteiger charge is 2.19. The summed E-state index contributed by atoms with van der Waals surface area (Å²) < 4.78 is 16.8. The molecule has 0 heterocycles. The van der Waals surface area contributed by atoms with Gasteiger partial charge in [0.1, 0.15) is 13.2 Å². The van der Waals surface area contributed by atoms with E-state index in [-0.39, 0.29) is 37.5 Å². The number of carbonyl (C=O) groups is 3. The molecule has 0 spiro atoms. The zero-order chi connectivity index (χ0) is 46.5. The van der Waals surface area contributed by atoms with Crippen molar-refractivity contribution in [1.29, 1.82) is 0 Å². The molecule has 1 atom stereocenters. The van der Waals surface area contributed by atoms with Crippen LogP contribution in [0.15, 0.2) is 85.1 Å². The lowest BCUT2D eigenvalue weighted by Gasteiger charge is -2.18. The molecule has 0 fully saturated rings. The Kier molecular flexibility index (Phi) is 49.4. The van der Waals surface area contributed by atoms with Crippen LogP contribution in [0.3, 0.4) is 0 Å². The average molecular weight is 891 g/mol. The number of hydrogen-bond acceptors (Lipinski definition) is 6. The number of unbranched alkanes of at least 4 members (excludes halogenated alkanes) is 22. The molecule has 6 heteroatoms. The SMILES string of the molecule is CCCC/C=C\C/C=C\CCCCCCCC(=O)OC[C@H](COC(=O)CCCCCCCCC/C=C\C/C=C\CCCCC)OC(=O)CCCC/C=C\C/C=C\C/C=C\CCCCC. The molecule has 0 aliphatic heterocycles. The Labute approximate surface area is 395 Å². The van der Waals surface area contributed by atoms with Crippen LogP contribution in [0.25, 0.3) is 0 Å². The summed E-state index contributed by atoms with van der Waals surface area (Å²) in [6, 6.07) is 0. The summed E-state index contributed by atoms with van der Waals surface area (Å²) in [7, 11) is 0. The molecular weight excluding hydrogens is 793 g/mol. The lowest BCUT2D eigenvalue weighted by molar-refractivity contribution is -0.167. The second kappa shape index (κ2) is 52.2. The van der Waals surface area contributed by atoms with Crippen LogP contribution in [0.5, 0.6) is 0 Å². The third-order valence-corrected chi connectivity index (χ3v) is 11.1.